The number of nitriles is 1. The Kier molecular flexibility index (Phi) is 4.28. The molecule has 0 amide bonds. The predicted octanol–water partition coefficient (Wildman–Crippen LogP) is 2.66. The molecular weight excluding hydrogens is 364 g/mol. The summed E-state index contributed by atoms with van der Waals surface area (Å²) in [5.74, 6) is 2.39. The van der Waals surface area contributed by atoms with E-state index in [1.165, 1.54) is 14.2 Å². The number of nitrogens with two attached hydrogens (primary N) is 1. The number of ether oxygens (including phenoxy) is 6. The number of rotatable bonds is 4. The maximum absolute atomic E-state index is 9.78. The summed E-state index contributed by atoms with van der Waals surface area (Å²) in [5.41, 5.74) is 7.72. The van der Waals surface area contributed by atoms with Crippen molar-refractivity contribution < 1.29 is 28.4 Å². The van der Waals surface area contributed by atoms with Gasteiger partial charge in [-0.2, -0.15) is 5.26 Å². The minimum atomic E-state index is -0.544. The van der Waals surface area contributed by atoms with Gasteiger partial charge in [-0.3, -0.25) is 0 Å². The van der Waals surface area contributed by atoms with Gasteiger partial charge in [0.2, 0.25) is 24.2 Å². The minimum Gasteiger partial charge on any atom is -0.497 e. The molecule has 2 aromatic rings. The van der Waals surface area contributed by atoms with Crippen LogP contribution in [-0.2, 0) is 0 Å². The standard InChI is InChI=1S/C20H18N2O6/c1-23-10-4-5-11-14(6-10)28-20(22)13(8-21)16(11)12-7-15(24-2)18-19(17(12)25-3)27-9-26-18/h4-7,16H,9,22H2,1-3H3/t16-/m1/s1. The quantitative estimate of drug-likeness (QED) is 0.860. The Bertz CT molecular complexity index is 1020. The number of fused-ring (bicyclic) bond motifs is 2. The van der Waals surface area contributed by atoms with Crippen LogP contribution < -0.4 is 34.2 Å². The molecule has 2 N–H and O–H groups in total. The summed E-state index contributed by atoms with van der Waals surface area (Å²) in [6.07, 6.45) is 0. The third-order valence-corrected chi connectivity index (χ3v) is 4.75. The van der Waals surface area contributed by atoms with Crippen molar-refractivity contribution in [2.24, 2.45) is 5.73 Å². The molecule has 0 radical (unpaired) electrons. The SMILES string of the molecule is COc1ccc2c(c1)OC(N)=C(C#N)[C@H]2c1cc(OC)c2c(c1OC)OCO2. The first-order chi connectivity index (χ1) is 13.6. The number of benzene rings is 2. The monoisotopic (exact) mass is 382 g/mol. The summed E-state index contributed by atoms with van der Waals surface area (Å²) < 4.78 is 33.2. The summed E-state index contributed by atoms with van der Waals surface area (Å²) in [4.78, 5) is 0. The molecule has 2 aliphatic heterocycles. The summed E-state index contributed by atoms with van der Waals surface area (Å²) in [7, 11) is 4.63. The molecule has 1 atom stereocenters. The average Bonchev–Trinajstić information content (AvgIpc) is 3.20. The van der Waals surface area contributed by atoms with Gasteiger partial charge in [-0.1, -0.05) is 6.07 Å². The lowest BCUT2D eigenvalue weighted by Gasteiger charge is -2.28. The smallest absolute Gasteiger partial charge is 0.231 e. The molecule has 144 valence electrons. The van der Waals surface area contributed by atoms with Crippen molar-refractivity contribution in [1.29, 1.82) is 5.26 Å². The van der Waals surface area contributed by atoms with Gasteiger partial charge >= 0.3 is 0 Å². The molecule has 28 heavy (non-hydrogen) atoms. The van der Waals surface area contributed by atoms with Crippen molar-refractivity contribution in [1.82, 2.24) is 0 Å². The van der Waals surface area contributed by atoms with Crippen LogP contribution in [0.4, 0.5) is 0 Å². The third kappa shape index (κ3) is 2.52. The van der Waals surface area contributed by atoms with Gasteiger partial charge in [-0.15, -0.1) is 0 Å². The molecule has 0 saturated carbocycles. The molecule has 0 aromatic heterocycles. The third-order valence-electron chi connectivity index (χ3n) is 4.75. The van der Waals surface area contributed by atoms with E-state index in [-0.39, 0.29) is 18.2 Å². The van der Waals surface area contributed by atoms with E-state index in [0.29, 0.717) is 40.1 Å². The summed E-state index contributed by atoms with van der Waals surface area (Å²) in [6, 6.07) is 9.27. The molecule has 0 unspecified atom stereocenters. The van der Waals surface area contributed by atoms with Crippen molar-refractivity contribution >= 4 is 0 Å². The van der Waals surface area contributed by atoms with Crippen molar-refractivity contribution in [3.63, 3.8) is 0 Å². The van der Waals surface area contributed by atoms with E-state index in [2.05, 4.69) is 6.07 Å². The topological polar surface area (TPSA) is 105 Å². The summed E-state index contributed by atoms with van der Waals surface area (Å²) in [6.45, 7) is 0.0517. The fourth-order valence-electron chi connectivity index (χ4n) is 3.49. The fraction of sp³-hybridized carbons (Fsp3) is 0.250. The molecule has 8 heteroatoms. The minimum absolute atomic E-state index is 0.0203. The van der Waals surface area contributed by atoms with E-state index in [1.54, 1.807) is 25.3 Å². The van der Waals surface area contributed by atoms with Gasteiger partial charge in [-0.05, 0) is 12.1 Å². The Morgan fingerprint density at radius 2 is 1.82 bits per heavy atom. The molecule has 2 aliphatic rings. The van der Waals surface area contributed by atoms with Gasteiger partial charge in [0, 0.05) is 17.2 Å². The second-order valence-corrected chi connectivity index (χ2v) is 6.09. The maximum atomic E-state index is 9.78. The molecule has 2 heterocycles. The Labute approximate surface area is 161 Å². The largest absolute Gasteiger partial charge is 0.497 e. The van der Waals surface area contributed by atoms with Crippen LogP contribution in [0, 0.1) is 11.3 Å². The zero-order chi connectivity index (χ0) is 19.8. The molecule has 2 aromatic carbocycles. The zero-order valence-electron chi connectivity index (χ0n) is 15.6. The second kappa shape index (κ2) is 6.78. The summed E-state index contributed by atoms with van der Waals surface area (Å²) >= 11 is 0. The van der Waals surface area contributed by atoms with Gasteiger partial charge in [0.15, 0.2) is 11.5 Å². The lowest BCUT2D eigenvalue weighted by molar-refractivity contribution is 0.168. The molecule has 0 spiro atoms. The molecular formula is C20H18N2O6. The molecule has 0 fully saturated rings. The van der Waals surface area contributed by atoms with E-state index in [4.69, 9.17) is 34.2 Å². The van der Waals surface area contributed by atoms with Crippen LogP contribution in [-0.4, -0.2) is 28.1 Å². The summed E-state index contributed by atoms with van der Waals surface area (Å²) in [5, 5.41) is 9.78. The van der Waals surface area contributed by atoms with E-state index < -0.39 is 5.92 Å². The second-order valence-electron chi connectivity index (χ2n) is 6.09. The first-order valence-electron chi connectivity index (χ1n) is 8.42. The molecule has 0 aliphatic carbocycles. The van der Waals surface area contributed by atoms with Gasteiger partial charge in [0.05, 0.1) is 27.2 Å². The van der Waals surface area contributed by atoms with Crippen LogP contribution >= 0.6 is 0 Å². The number of hydrogen-bond acceptors (Lipinski definition) is 8. The predicted molar refractivity (Wildman–Crippen MR) is 98.0 cm³/mol. The fourth-order valence-corrected chi connectivity index (χ4v) is 3.49. The Morgan fingerprint density at radius 3 is 2.50 bits per heavy atom. The Balaban J connectivity index is 1.99. The highest BCUT2D eigenvalue weighted by atomic mass is 16.7. The molecule has 0 bridgehead atoms. The highest BCUT2D eigenvalue weighted by molar-refractivity contribution is 5.69. The van der Waals surface area contributed by atoms with Crippen molar-refractivity contribution in [2.45, 2.75) is 5.92 Å². The van der Waals surface area contributed by atoms with Crippen LogP contribution in [0.1, 0.15) is 17.0 Å². The van der Waals surface area contributed by atoms with Gasteiger partial charge in [0.1, 0.15) is 23.1 Å². The van der Waals surface area contributed by atoms with Crippen LogP contribution in [0.5, 0.6) is 34.5 Å². The number of allylic oxidation sites excluding steroid dienone is 1. The van der Waals surface area contributed by atoms with E-state index >= 15 is 0 Å². The van der Waals surface area contributed by atoms with Crippen LogP contribution in [0.2, 0.25) is 0 Å². The zero-order valence-corrected chi connectivity index (χ0v) is 15.6. The highest BCUT2D eigenvalue weighted by Crippen LogP contribution is 2.55. The first kappa shape index (κ1) is 17.7. The van der Waals surface area contributed by atoms with Crippen LogP contribution in [0.15, 0.2) is 35.7 Å². The molecule has 8 nitrogen and oxygen atoms in total. The normalized spacial score (nSPS) is 16.7. The average molecular weight is 382 g/mol. The first-order valence-corrected chi connectivity index (χ1v) is 8.42. The number of nitrogens with zero attached hydrogens (tertiary/aromatic N) is 1. The van der Waals surface area contributed by atoms with Crippen molar-refractivity contribution in [3.8, 4) is 40.6 Å². The maximum Gasteiger partial charge on any atom is 0.231 e. The van der Waals surface area contributed by atoms with E-state index in [1.807, 2.05) is 6.07 Å². The number of hydrogen-bond donors (Lipinski definition) is 1. The lowest BCUT2D eigenvalue weighted by atomic mass is 9.82. The lowest BCUT2D eigenvalue weighted by Crippen LogP contribution is -2.21. The molecule has 4 rings (SSSR count). The molecule has 0 saturated heterocycles. The van der Waals surface area contributed by atoms with Crippen LogP contribution in [0.25, 0.3) is 0 Å². The van der Waals surface area contributed by atoms with Crippen molar-refractivity contribution in [2.75, 3.05) is 28.1 Å². The number of methoxy groups -OCH3 is 3. The Morgan fingerprint density at radius 1 is 1.04 bits per heavy atom. The highest BCUT2D eigenvalue weighted by Gasteiger charge is 2.37. The van der Waals surface area contributed by atoms with E-state index in [0.717, 1.165) is 5.56 Å². The van der Waals surface area contributed by atoms with Crippen molar-refractivity contribution in [3.05, 3.63) is 46.8 Å². The van der Waals surface area contributed by atoms with Gasteiger partial charge < -0.3 is 34.2 Å². The Hall–Kier alpha value is -3.73. The van der Waals surface area contributed by atoms with Gasteiger partial charge in [0.25, 0.3) is 0 Å². The van der Waals surface area contributed by atoms with Gasteiger partial charge in [-0.25, -0.2) is 0 Å². The van der Waals surface area contributed by atoms with E-state index in [9.17, 15) is 5.26 Å². The van der Waals surface area contributed by atoms with Crippen LogP contribution in [0.3, 0.4) is 0 Å².